The molecule has 0 aliphatic heterocycles. The molecule has 0 saturated heterocycles. The maximum atomic E-state index is 12.5. The van der Waals surface area contributed by atoms with Crippen LogP contribution in [0, 0.1) is 0 Å². The lowest BCUT2D eigenvalue weighted by molar-refractivity contribution is -0.128. The van der Waals surface area contributed by atoms with Crippen molar-refractivity contribution in [2.75, 3.05) is 27.4 Å². The summed E-state index contributed by atoms with van der Waals surface area (Å²) in [4.78, 5) is 12.5. The molecule has 158 valence electrons. The van der Waals surface area contributed by atoms with E-state index in [0.717, 1.165) is 29.9 Å². The fourth-order valence-electron chi connectivity index (χ4n) is 2.92. The van der Waals surface area contributed by atoms with E-state index in [2.05, 4.69) is 5.32 Å². The molecular weight excluding hydrogens is 370 g/mol. The molecule has 0 aliphatic carbocycles. The Morgan fingerprint density at radius 2 is 1.79 bits per heavy atom. The van der Waals surface area contributed by atoms with Gasteiger partial charge in [0.15, 0.2) is 17.6 Å². The molecule has 1 amide bonds. The van der Waals surface area contributed by atoms with E-state index >= 15 is 0 Å². The van der Waals surface area contributed by atoms with E-state index in [4.69, 9.17) is 18.9 Å². The molecule has 0 heterocycles. The molecule has 2 aromatic carbocycles. The number of amides is 1. The van der Waals surface area contributed by atoms with Crippen molar-refractivity contribution in [3.8, 4) is 23.0 Å². The minimum atomic E-state index is -0.535. The Morgan fingerprint density at radius 1 is 1.00 bits per heavy atom. The molecule has 1 unspecified atom stereocenters. The maximum Gasteiger partial charge on any atom is 0.261 e. The van der Waals surface area contributed by atoms with Crippen molar-refractivity contribution in [3.63, 3.8) is 0 Å². The summed E-state index contributed by atoms with van der Waals surface area (Å²) in [5, 5.41) is 2.96. The minimum absolute atomic E-state index is 0.111. The summed E-state index contributed by atoms with van der Waals surface area (Å²) in [5.41, 5.74) is 1.14. The highest BCUT2D eigenvalue weighted by Gasteiger charge is 2.18. The Labute approximate surface area is 173 Å². The van der Waals surface area contributed by atoms with Crippen LogP contribution in [0.25, 0.3) is 0 Å². The van der Waals surface area contributed by atoms with Crippen molar-refractivity contribution >= 4 is 5.91 Å². The lowest BCUT2D eigenvalue weighted by Gasteiger charge is -2.17. The normalized spacial score (nSPS) is 11.4. The first-order chi connectivity index (χ1) is 14.1. The van der Waals surface area contributed by atoms with Gasteiger partial charge in [-0.3, -0.25) is 4.79 Å². The van der Waals surface area contributed by atoms with Gasteiger partial charge in [-0.2, -0.15) is 0 Å². The van der Waals surface area contributed by atoms with Crippen LogP contribution in [0.2, 0.25) is 0 Å². The third-order valence-electron chi connectivity index (χ3n) is 4.45. The standard InChI is InChI=1S/C23H31NO5/c1-5-20(29-19-11-7-10-18(16-19)26-3)23(25)24-14-8-9-17-12-13-21(28-6-2)22(15-17)27-4/h7,10-13,15-16,20H,5-6,8-9,14H2,1-4H3,(H,24,25). The highest BCUT2D eigenvalue weighted by molar-refractivity contribution is 5.81. The van der Waals surface area contributed by atoms with Crippen molar-refractivity contribution < 1.29 is 23.7 Å². The lowest BCUT2D eigenvalue weighted by atomic mass is 10.1. The number of aryl methyl sites for hydroxylation is 1. The van der Waals surface area contributed by atoms with E-state index < -0.39 is 6.10 Å². The Hall–Kier alpha value is -2.89. The fourth-order valence-corrected chi connectivity index (χ4v) is 2.92. The van der Waals surface area contributed by atoms with E-state index in [1.807, 2.05) is 50.2 Å². The predicted octanol–water partition coefficient (Wildman–Crippen LogP) is 4.01. The van der Waals surface area contributed by atoms with Gasteiger partial charge in [0.25, 0.3) is 5.91 Å². The Morgan fingerprint density at radius 3 is 2.48 bits per heavy atom. The topological polar surface area (TPSA) is 66.0 Å². The van der Waals surface area contributed by atoms with Crippen molar-refractivity contribution in [2.24, 2.45) is 0 Å². The first-order valence-electron chi connectivity index (χ1n) is 9.99. The van der Waals surface area contributed by atoms with Gasteiger partial charge >= 0.3 is 0 Å². The van der Waals surface area contributed by atoms with Gasteiger partial charge in [0.1, 0.15) is 11.5 Å². The van der Waals surface area contributed by atoms with Crippen LogP contribution in [0.3, 0.4) is 0 Å². The zero-order valence-electron chi connectivity index (χ0n) is 17.7. The van der Waals surface area contributed by atoms with Gasteiger partial charge in [-0.25, -0.2) is 0 Å². The second kappa shape index (κ2) is 11.8. The third-order valence-corrected chi connectivity index (χ3v) is 4.45. The monoisotopic (exact) mass is 401 g/mol. The highest BCUT2D eigenvalue weighted by atomic mass is 16.5. The summed E-state index contributed by atoms with van der Waals surface area (Å²) in [6.45, 7) is 5.04. The summed E-state index contributed by atoms with van der Waals surface area (Å²) in [5.74, 6) is 2.68. The number of hydrogen-bond acceptors (Lipinski definition) is 5. The molecule has 0 aliphatic rings. The molecule has 6 heteroatoms. The second-order valence-corrected chi connectivity index (χ2v) is 6.51. The number of rotatable bonds is 12. The lowest BCUT2D eigenvalue weighted by Crippen LogP contribution is -2.38. The molecule has 1 atom stereocenters. The third kappa shape index (κ3) is 6.89. The van der Waals surface area contributed by atoms with Crippen LogP contribution in [-0.2, 0) is 11.2 Å². The molecule has 0 spiro atoms. The van der Waals surface area contributed by atoms with E-state index in [-0.39, 0.29) is 5.91 Å². The van der Waals surface area contributed by atoms with Gasteiger partial charge in [-0.15, -0.1) is 0 Å². The number of carbonyl (C=O) groups is 1. The van der Waals surface area contributed by atoms with Gasteiger partial charge < -0.3 is 24.3 Å². The predicted molar refractivity (Wildman–Crippen MR) is 113 cm³/mol. The van der Waals surface area contributed by atoms with Crippen molar-refractivity contribution in [2.45, 2.75) is 39.2 Å². The van der Waals surface area contributed by atoms with Crippen LogP contribution in [0.4, 0.5) is 0 Å². The van der Waals surface area contributed by atoms with E-state index in [1.165, 1.54) is 0 Å². The molecule has 0 aromatic heterocycles. The Balaban J connectivity index is 1.82. The molecular formula is C23H31NO5. The summed E-state index contributed by atoms with van der Waals surface area (Å²) in [6.07, 6.45) is 1.70. The van der Waals surface area contributed by atoms with Crippen molar-refractivity contribution in [3.05, 3.63) is 48.0 Å². The zero-order chi connectivity index (χ0) is 21.1. The van der Waals surface area contributed by atoms with Crippen LogP contribution < -0.4 is 24.3 Å². The fraction of sp³-hybridized carbons (Fsp3) is 0.435. The van der Waals surface area contributed by atoms with E-state index in [9.17, 15) is 4.79 Å². The van der Waals surface area contributed by atoms with Crippen LogP contribution in [0.5, 0.6) is 23.0 Å². The highest BCUT2D eigenvalue weighted by Crippen LogP contribution is 2.28. The molecule has 0 fully saturated rings. The molecule has 0 saturated carbocycles. The van der Waals surface area contributed by atoms with Gasteiger partial charge in [0.05, 0.1) is 20.8 Å². The molecule has 6 nitrogen and oxygen atoms in total. The SMILES string of the molecule is CCOc1ccc(CCCNC(=O)C(CC)Oc2cccc(OC)c2)cc1OC. The summed E-state index contributed by atoms with van der Waals surface area (Å²) >= 11 is 0. The molecule has 29 heavy (non-hydrogen) atoms. The molecule has 0 bridgehead atoms. The molecule has 1 N–H and O–H groups in total. The number of ether oxygens (including phenoxy) is 4. The molecule has 0 radical (unpaired) electrons. The first kappa shape index (κ1) is 22.4. The molecule has 2 rings (SSSR count). The number of nitrogens with one attached hydrogen (secondary N) is 1. The van der Waals surface area contributed by atoms with Gasteiger partial charge in [0.2, 0.25) is 0 Å². The van der Waals surface area contributed by atoms with Crippen molar-refractivity contribution in [1.29, 1.82) is 0 Å². The smallest absolute Gasteiger partial charge is 0.261 e. The van der Waals surface area contributed by atoms with Crippen LogP contribution in [-0.4, -0.2) is 39.4 Å². The minimum Gasteiger partial charge on any atom is -0.497 e. The van der Waals surface area contributed by atoms with Gasteiger partial charge in [0, 0.05) is 12.6 Å². The van der Waals surface area contributed by atoms with E-state index in [0.29, 0.717) is 31.1 Å². The Bertz CT molecular complexity index is 778. The Kier molecular flexibility index (Phi) is 9.15. The number of benzene rings is 2. The summed E-state index contributed by atoms with van der Waals surface area (Å²) < 4.78 is 21.9. The average Bonchev–Trinajstić information content (AvgIpc) is 2.76. The number of carbonyl (C=O) groups excluding carboxylic acids is 1. The number of hydrogen-bond donors (Lipinski definition) is 1. The average molecular weight is 402 g/mol. The first-order valence-corrected chi connectivity index (χ1v) is 9.99. The van der Waals surface area contributed by atoms with E-state index in [1.54, 1.807) is 20.3 Å². The molecule has 2 aromatic rings. The second-order valence-electron chi connectivity index (χ2n) is 6.51. The summed E-state index contributed by atoms with van der Waals surface area (Å²) in [6, 6.07) is 13.2. The largest absolute Gasteiger partial charge is 0.497 e. The van der Waals surface area contributed by atoms with Crippen molar-refractivity contribution in [1.82, 2.24) is 5.32 Å². The van der Waals surface area contributed by atoms with Gasteiger partial charge in [-0.1, -0.05) is 19.1 Å². The summed E-state index contributed by atoms with van der Waals surface area (Å²) in [7, 11) is 3.23. The number of methoxy groups -OCH3 is 2. The zero-order valence-corrected chi connectivity index (χ0v) is 17.7. The van der Waals surface area contributed by atoms with Crippen LogP contribution in [0.15, 0.2) is 42.5 Å². The van der Waals surface area contributed by atoms with Crippen LogP contribution >= 0.6 is 0 Å². The van der Waals surface area contributed by atoms with Gasteiger partial charge in [-0.05, 0) is 56.0 Å². The quantitative estimate of drug-likeness (QED) is 0.545. The maximum absolute atomic E-state index is 12.5. The van der Waals surface area contributed by atoms with Crippen LogP contribution in [0.1, 0.15) is 32.3 Å².